The fourth-order valence-electron chi connectivity index (χ4n) is 4.27. The Balaban J connectivity index is 2.14. The minimum absolute atomic E-state index is 0.826. The molecule has 5 aromatic carbocycles. The quantitative estimate of drug-likeness (QED) is 0.257. The van der Waals surface area contributed by atoms with Crippen LogP contribution in [-0.4, -0.2) is 12.2 Å². The van der Waals surface area contributed by atoms with Crippen molar-refractivity contribution >= 4 is 43.1 Å². The maximum Gasteiger partial charge on any atom is 0.181 e. The average molecular weight is 326 g/mol. The number of aryl methyl sites for hydroxylation is 1. The van der Waals surface area contributed by atoms with E-state index in [0.717, 1.165) is 16.5 Å². The van der Waals surface area contributed by atoms with E-state index in [-0.39, 0.29) is 0 Å². The summed E-state index contributed by atoms with van der Waals surface area (Å²) < 4.78 is 5.21. The molecule has 0 radical (unpaired) electrons. The predicted octanol–water partition coefficient (Wildman–Crippen LogP) is 5.68. The van der Waals surface area contributed by atoms with Gasteiger partial charge in [0.05, 0.1) is 0 Å². The molecule has 0 spiro atoms. The number of aliphatic hydroxyl groups excluding tert-OH is 1. The molecule has 25 heavy (non-hydrogen) atoms. The van der Waals surface area contributed by atoms with Gasteiger partial charge in [-0.3, -0.25) is 0 Å². The van der Waals surface area contributed by atoms with E-state index >= 15 is 0 Å². The highest BCUT2D eigenvalue weighted by Gasteiger charge is 2.18. The van der Waals surface area contributed by atoms with Crippen LogP contribution >= 0.6 is 0 Å². The molecule has 0 aromatic heterocycles. The van der Waals surface area contributed by atoms with Crippen LogP contribution in [0.15, 0.2) is 60.7 Å². The lowest BCUT2D eigenvalue weighted by Crippen LogP contribution is -2.02. The second-order valence-corrected chi connectivity index (χ2v) is 6.68. The fraction of sp³-hybridized carbons (Fsp3) is 0.130. The number of ether oxygens (including phenoxy) is 1. The van der Waals surface area contributed by atoms with E-state index in [2.05, 4.69) is 61.5 Å². The van der Waals surface area contributed by atoms with E-state index in [4.69, 9.17) is 4.74 Å². The Morgan fingerprint density at radius 3 is 1.96 bits per heavy atom. The Kier molecular flexibility index (Phi) is 3.02. The van der Waals surface area contributed by atoms with E-state index < -0.39 is 6.29 Å². The summed E-state index contributed by atoms with van der Waals surface area (Å²) in [4.78, 5) is 0. The molecule has 5 rings (SSSR count). The van der Waals surface area contributed by atoms with Crippen LogP contribution in [0.2, 0.25) is 0 Å². The number of hydrogen-bond acceptors (Lipinski definition) is 2. The van der Waals surface area contributed by atoms with Crippen molar-refractivity contribution in [3.63, 3.8) is 0 Å². The molecule has 5 aromatic rings. The zero-order valence-corrected chi connectivity index (χ0v) is 14.2. The van der Waals surface area contributed by atoms with Crippen molar-refractivity contribution in [2.24, 2.45) is 0 Å². The first-order valence-corrected chi connectivity index (χ1v) is 8.50. The van der Waals surface area contributed by atoms with Crippen molar-refractivity contribution in [2.45, 2.75) is 13.2 Å². The Morgan fingerprint density at radius 2 is 1.32 bits per heavy atom. The Morgan fingerprint density at radius 1 is 0.720 bits per heavy atom. The van der Waals surface area contributed by atoms with Gasteiger partial charge in [0, 0.05) is 12.7 Å². The van der Waals surface area contributed by atoms with Crippen molar-refractivity contribution in [1.82, 2.24) is 0 Å². The molecular weight excluding hydrogens is 308 g/mol. The van der Waals surface area contributed by atoms with Crippen LogP contribution in [0.4, 0.5) is 0 Å². The van der Waals surface area contributed by atoms with E-state index in [0.29, 0.717) is 0 Å². The summed E-state index contributed by atoms with van der Waals surface area (Å²) in [6.07, 6.45) is -0.920. The molecule has 1 N–H and O–H groups in total. The monoisotopic (exact) mass is 326 g/mol. The first-order chi connectivity index (χ1) is 12.2. The van der Waals surface area contributed by atoms with Crippen LogP contribution in [0.5, 0.6) is 0 Å². The molecule has 0 amide bonds. The van der Waals surface area contributed by atoms with Crippen LogP contribution in [-0.2, 0) is 4.74 Å². The van der Waals surface area contributed by atoms with Crippen molar-refractivity contribution < 1.29 is 9.84 Å². The number of fused-ring (bicyclic) bond motifs is 2. The maximum absolute atomic E-state index is 10.3. The molecule has 0 saturated carbocycles. The van der Waals surface area contributed by atoms with Crippen molar-refractivity contribution in [2.75, 3.05) is 7.11 Å². The molecule has 0 saturated heterocycles. The molecule has 0 aliphatic rings. The lowest BCUT2D eigenvalue weighted by Gasteiger charge is -2.19. The van der Waals surface area contributed by atoms with Crippen LogP contribution in [0, 0.1) is 6.92 Å². The minimum atomic E-state index is -0.920. The lowest BCUT2D eigenvalue weighted by molar-refractivity contribution is -0.0758. The van der Waals surface area contributed by atoms with Crippen molar-refractivity contribution in [3.05, 3.63) is 71.8 Å². The van der Waals surface area contributed by atoms with Crippen LogP contribution < -0.4 is 0 Å². The maximum atomic E-state index is 10.3. The number of benzene rings is 5. The molecule has 0 fully saturated rings. The highest BCUT2D eigenvalue weighted by atomic mass is 16.6. The smallest absolute Gasteiger partial charge is 0.181 e. The number of hydrogen-bond donors (Lipinski definition) is 1. The standard InChI is InChI=1S/C23H18O2/c1-13-9-10-17-15-7-3-5-14-6-4-8-16(21(14)15)18-11-12-19(23(24)25-2)20(13)22(17)18/h3-12,23-24H,1-2H3. The van der Waals surface area contributed by atoms with E-state index in [1.165, 1.54) is 44.8 Å². The summed E-state index contributed by atoms with van der Waals surface area (Å²) in [5.74, 6) is 0. The van der Waals surface area contributed by atoms with Gasteiger partial charge < -0.3 is 9.84 Å². The molecule has 0 heterocycles. The first-order valence-electron chi connectivity index (χ1n) is 8.50. The molecule has 1 atom stereocenters. The van der Waals surface area contributed by atoms with Gasteiger partial charge >= 0.3 is 0 Å². The Hall–Kier alpha value is -2.68. The summed E-state index contributed by atoms with van der Waals surface area (Å²) in [5, 5.41) is 20.2. The molecule has 0 aliphatic carbocycles. The summed E-state index contributed by atoms with van der Waals surface area (Å²) in [7, 11) is 1.53. The van der Waals surface area contributed by atoms with Crippen LogP contribution in [0.3, 0.4) is 0 Å². The Bertz CT molecular complexity index is 1200. The second-order valence-electron chi connectivity index (χ2n) is 6.68. The summed E-state index contributed by atoms with van der Waals surface area (Å²) in [6, 6.07) is 21.4. The predicted molar refractivity (Wildman–Crippen MR) is 104 cm³/mol. The van der Waals surface area contributed by atoms with Gasteiger partial charge in [-0.2, -0.15) is 0 Å². The van der Waals surface area contributed by atoms with Gasteiger partial charge in [-0.25, -0.2) is 0 Å². The van der Waals surface area contributed by atoms with Crippen molar-refractivity contribution in [3.8, 4) is 0 Å². The lowest BCUT2D eigenvalue weighted by atomic mass is 9.87. The van der Waals surface area contributed by atoms with Gasteiger partial charge in [0.15, 0.2) is 6.29 Å². The molecule has 0 aliphatic heterocycles. The highest BCUT2D eigenvalue weighted by molar-refractivity contribution is 6.33. The second kappa shape index (κ2) is 5.16. The number of methoxy groups -OCH3 is 1. The largest absolute Gasteiger partial charge is 0.364 e. The average Bonchev–Trinajstić information content (AvgIpc) is 2.66. The van der Waals surface area contributed by atoms with E-state index in [9.17, 15) is 5.11 Å². The third-order valence-electron chi connectivity index (χ3n) is 5.38. The molecular formula is C23H18O2. The minimum Gasteiger partial charge on any atom is -0.364 e. The van der Waals surface area contributed by atoms with Gasteiger partial charge in [-0.1, -0.05) is 60.7 Å². The molecule has 2 nitrogen and oxygen atoms in total. The summed E-state index contributed by atoms with van der Waals surface area (Å²) in [6.45, 7) is 2.09. The topological polar surface area (TPSA) is 29.5 Å². The molecule has 1 unspecified atom stereocenters. The van der Waals surface area contributed by atoms with Gasteiger partial charge in [0.1, 0.15) is 0 Å². The third-order valence-corrected chi connectivity index (χ3v) is 5.38. The van der Waals surface area contributed by atoms with Crippen molar-refractivity contribution in [1.29, 1.82) is 0 Å². The normalized spacial score (nSPS) is 13.4. The Labute approximate surface area is 145 Å². The van der Waals surface area contributed by atoms with Gasteiger partial charge in [0.25, 0.3) is 0 Å². The zero-order chi connectivity index (χ0) is 17.1. The van der Waals surface area contributed by atoms with Crippen LogP contribution in [0.25, 0.3) is 43.1 Å². The number of rotatable bonds is 2. The molecule has 0 bridgehead atoms. The first kappa shape index (κ1) is 14.6. The molecule has 122 valence electrons. The summed E-state index contributed by atoms with van der Waals surface area (Å²) >= 11 is 0. The molecule has 2 heteroatoms. The van der Waals surface area contributed by atoms with Gasteiger partial charge in [-0.15, -0.1) is 0 Å². The third kappa shape index (κ3) is 1.87. The van der Waals surface area contributed by atoms with Gasteiger partial charge in [-0.05, 0) is 55.6 Å². The number of aliphatic hydroxyl groups is 1. The van der Waals surface area contributed by atoms with Crippen LogP contribution in [0.1, 0.15) is 17.4 Å². The zero-order valence-electron chi connectivity index (χ0n) is 14.2. The highest BCUT2D eigenvalue weighted by Crippen LogP contribution is 2.42. The SMILES string of the molecule is COC(O)c1ccc2c3cccc4cccc(c5ccc(C)c1c52)c43. The summed E-state index contributed by atoms with van der Waals surface area (Å²) in [5.41, 5.74) is 1.98. The van der Waals surface area contributed by atoms with E-state index in [1.807, 2.05) is 6.07 Å². The fourth-order valence-corrected chi connectivity index (χ4v) is 4.27. The van der Waals surface area contributed by atoms with Gasteiger partial charge in [0.2, 0.25) is 0 Å². The van der Waals surface area contributed by atoms with E-state index in [1.54, 1.807) is 0 Å².